The van der Waals surface area contributed by atoms with E-state index in [1.807, 2.05) is 18.7 Å². The molecule has 1 aromatic rings. The van der Waals surface area contributed by atoms with Crippen LogP contribution in [0.15, 0.2) is 18.2 Å². The predicted octanol–water partition coefficient (Wildman–Crippen LogP) is 3.76. The number of rotatable bonds is 4. The fourth-order valence-electron chi connectivity index (χ4n) is 2.69. The van der Waals surface area contributed by atoms with Crippen LogP contribution in [0.4, 0.5) is 0 Å². The van der Waals surface area contributed by atoms with Gasteiger partial charge in [-0.2, -0.15) is 0 Å². The molecule has 1 heterocycles. The minimum atomic E-state index is -0.532. The van der Waals surface area contributed by atoms with Crippen LogP contribution < -0.4 is 5.32 Å². The quantitative estimate of drug-likeness (QED) is 0.892. The lowest BCUT2D eigenvalue weighted by Crippen LogP contribution is -2.52. The van der Waals surface area contributed by atoms with Gasteiger partial charge in [0.25, 0.3) is 5.91 Å². The average Bonchev–Trinajstić information content (AvgIpc) is 2.54. The Hall–Kier alpha value is -1.26. The Labute approximate surface area is 147 Å². The first kappa shape index (κ1) is 18.1. The Morgan fingerprint density at radius 1 is 1.09 bits per heavy atom. The van der Waals surface area contributed by atoms with Crippen molar-refractivity contribution in [2.75, 3.05) is 13.1 Å². The van der Waals surface area contributed by atoms with Gasteiger partial charge in [0.15, 0.2) is 0 Å². The highest BCUT2D eigenvalue weighted by Crippen LogP contribution is 2.23. The van der Waals surface area contributed by atoms with Gasteiger partial charge in [0, 0.05) is 18.7 Å². The molecule has 0 spiro atoms. The summed E-state index contributed by atoms with van der Waals surface area (Å²) in [6.45, 7) is 5.40. The second kappa shape index (κ2) is 8.02. The first-order chi connectivity index (χ1) is 10.9. The van der Waals surface area contributed by atoms with E-state index in [0.29, 0.717) is 15.6 Å². The van der Waals surface area contributed by atoms with E-state index in [4.69, 9.17) is 23.2 Å². The van der Waals surface area contributed by atoms with E-state index in [1.165, 1.54) is 6.07 Å². The zero-order valence-corrected chi connectivity index (χ0v) is 15.0. The molecule has 0 aliphatic carbocycles. The summed E-state index contributed by atoms with van der Waals surface area (Å²) < 4.78 is 0. The van der Waals surface area contributed by atoms with Gasteiger partial charge in [-0.25, -0.2) is 0 Å². The lowest BCUT2D eigenvalue weighted by atomic mass is 10.0. The van der Waals surface area contributed by atoms with Crippen molar-refractivity contribution < 1.29 is 9.59 Å². The molecule has 126 valence electrons. The topological polar surface area (TPSA) is 49.4 Å². The van der Waals surface area contributed by atoms with Gasteiger partial charge in [-0.05, 0) is 43.4 Å². The number of carbonyl (C=O) groups is 2. The standard InChI is InChI=1S/C17H22Cl2N2O2/c1-11(2)15(17(23)21-8-4-3-5-9-21)20-16(22)12-6-7-13(18)14(19)10-12/h6-7,10-11,15H,3-5,8-9H2,1-2H3,(H,20,22)/t15-/m1/s1. The maximum absolute atomic E-state index is 12.7. The molecule has 1 atom stereocenters. The van der Waals surface area contributed by atoms with Crippen molar-refractivity contribution in [3.63, 3.8) is 0 Å². The second-order valence-electron chi connectivity index (χ2n) is 6.21. The first-order valence-electron chi connectivity index (χ1n) is 7.95. The van der Waals surface area contributed by atoms with Gasteiger partial charge in [0.2, 0.25) is 5.91 Å². The molecule has 1 fully saturated rings. The number of carbonyl (C=O) groups excluding carboxylic acids is 2. The minimum Gasteiger partial charge on any atom is -0.341 e. The van der Waals surface area contributed by atoms with Crippen LogP contribution in [0.2, 0.25) is 10.0 Å². The van der Waals surface area contributed by atoms with Crippen LogP contribution in [-0.4, -0.2) is 35.8 Å². The van der Waals surface area contributed by atoms with Crippen molar-refractivity contribution in [2.45, 2.75) is 39.2 Å². The average molecular weight is 357 g/mol. The molecule has 23 heavy (non-hydrogen) atoms. The van der Waals surface area contributed by atoms with Crippen molar-refractivity contribution in [1.82, 2.24) is 10.2 Å². The number of nitrogens with one attached hydrogen (secondary N) is 1. The first-order valence-corrected chi connectivity index (χ1v) is 8.70. The summed E-state index contributed by atoms with van der Waals surface area (Å²) in [6, 6.07) is 4.17. The molecule has 1 aromatic carbocycles. The van der Waals surface area contributed by atoms with Crippen molar-refractivity contribution in [2.24, 2.45) is 5.92 Å². The Balaban J connectivity index is 2.10. The highest BCUT2D eigenvalue weighted by molar-refractivity contribution is 6.42. The molecule has 0 unspecified atom stereocenters. The van der Waals surface area contributed by atoms with Crippen LogP contribution in [0.25, 0.3) is 0 Å². The monoisotopic (exact) mass is 356 g/mol. The van der Waals surface area contributed by atoms with Crippen LogP contribution >= 0.6 is 23.2 Å². The van der Waals surface area contributed by atoms with E-state index in [0.717, 1.165) is 32.4 Å². The molecule has 6 heteroatoms. The lowest BCUT2D eigenvalue weighted by molar-refractivity contribution is -0.135. The Bertz CT molecular complexity index is 584. The molecule has 2 rings (SSSR count). The van der Waals surface area contributed by atoms with Crippen LogP contribution in [0.3, 0.4) is 0 Å². The Kier molecular flexibility index (Phi) is 6.31. The van der Waals surface area contributed by atoms with Gasteiger partial charge in [-0.1, -0.05) is 37.0 Å². The Morgan fingerprint density at radius 2 is 1.74 bits per heavy atom. The molecular weight excluding hydrogens is 335 g/mol. The second-order valence-corrected chi connectivity index (χ2v) is 7.02. The number of halogens is 2. The number of nitrogens with zero attached hydrogens (tertiary/aromatic N) is 1. The summed E-state index contributed by atoms with van der Waals surface area (Å²) >= 11 is 11.8. The van der Waals surface area contributed by atoms with Gasteiger partial charge in [-0.15, -0.1) is 0 Å². The number of amides is 2. The van der Waals surface area contributed by atoms with Crippen LogP contribution in [0.5, 0.6) is 0 Å². The zero-order valence-electron chi connectivity index (χ0n) is 13.4. The Morgan fingerprint density at radius 3 is 2.30 bits per heavy atom. The van der Waals surface area contributed by atoms with Crippen molar-refractivity contribution in [1.29, 1.82) is 0 Å². The number of benzene rings is 1. The highest BCUT2D eigenvalue weighted by atomic mass is 35.5. The number of likely N-dealkylation sites (tertiary alicyclic amines) is 1. The van der Waals surface area contributed by atoms with Gasteiger partial charge in [-0.3, -0.25) is 9.59 Å². The third-order valence-electron chi connectivity index (χ3n) is 4.07. The maximum Gasteiger partial charge on any atom is 0.251 e. The summed E-state index contributed by atoms with van der Waals surface area (Å²) in [7, 11) is 0. The molecule has 0 bridgehead atoms. The fraction of sp³-hybridized carbons (Fsp3) is 0.529. The fourth-order valence-corrected chi connectivity index (χ4v) is 2.98. The molecule has 0 saturated carbocycles. The molecule has 4 nitrogen and oxygen atoms in total. The van der Waals surface area contributed by atoms with Crippen LogP contribution in [-0.2, 0) is 4.79 Å². The number of piperidine rings is 1. The number of hydrogen-bond donors (Lipinski definition) is 1. The minimum absolute atomic E-state index is 0.00638. The van der Waals surface area contributed by atoms with E-state index in [2.05, 4.69) is 5.32 Å². The maximum atomic E-state index is 12.7. The van der Waals surface area contributed by atoms with E-state index in [1.54, 1.807) is 12.1 Å². The van der Waals surface area contributed by atoms with E-state index < -0.39 is 6.04 Å². The smallest absolute Gasteiger partial charge is 0.251 e. The summed E-state index contributed by atoms with van der Waals surface area (Å²) in [5.74, 6) is -0.308. The molecular formula is C17H22Cl2N2O2. The van der Waals surface area contributed by atoms with Crippen LogP contribution in [0.1, 0.15) is 43.5 Å². The normalized spacial score (nSPS) is 16.3. The summed E-state index contributed by atoms with van der Waals surface area (Å²) in [6.07, 6.45) is 3.21. The SMILES string of the molecule is CC(C)[C@@H](NC(=O)c1ccc(Cl)c(Cl)c1)C(=O)N1CCCCC1. The van der Waals surface area contributed by atoms with Gasteiger partial charge in [0.1, 0.15) is 6.04 Å². The molecule has 1 aliphatic heterocycles. The largest absolute Gasteiger partial charge is 0.341 e. The molecule has 0 aromatic heterocycles. The molecule has 1 aliphatic rings. The molecule has 0 radical (unpaired) electrons. The van der Waals surface area contributed by atoms with Gasteiger partial charge in [0.05, 0.1) is 10.0 Å². The summed E-state index contributed by atoms with van der Waals surface area (Å²) in [4.78, 5) is 27.0. The number of hydrogen-bond acceptors (Lipinski definition) is 2. The zero-order chi connectivity index (χ0) is 17.0. The van der Waals surface area contributed by atoms with Crippen molar-refractivity contribution >= 4 is 35.0 Å². The van der Waals surface area contributed by atoms with Crippen molar-refractivity contribution in [3.05, 3.63) is 33.8 Å². The molecule has 2 amide bonds. The third kappa shape index (κ3) is 4.61. The summed E-state index contributed by atoms with van der Waals surface area (Å²) in [5, 5.41) is 3.56. The highest BCUT2D eigenvalue weighted by Gasteiger charge is 2.29. The van der Waals surface area contributed by atoms with E-state index in [-0.39, 0.29) is 17.7 Å². The van der Waals surface area contributed by atoms with Crippen molar-refractivity contribution in [3.8, 4) is 0 Å². The summed E-state index contributed by atoms with van der Waals surface area (Å²) in [5.41, 5.74) is 0.400. The predicted molar refractivity (Wildman–Crippen MR) is 93.0 cm³/mol. The van der Waals surface area contributed by atoms with E-state index >= 15 is 0 Å². The van der Waals surface area contributed by atoms with Gasteiger partial charge < -0.3 is 10.2 Å². The van der Waals surface area contributed by atoms with Crippen LogP contribution in [0, 0.1) is 5.92 Å². The molecule has 1 saturated heterocycles. The molecule has 1 N–H and O–H groups in total. The lowest BCUT2D eigenvalue weighted by Gasteiger charge is -2.32. The third-order valence-corrected chi connectivity index (χ3v) is 4.81. The van der Waals surface area contributed by atoms with Gasteiger partial charge >= 0.3 is 0 Å². The van der Waals surface area contributed by atoms with E-state index in [9.17, 15) is 9.59 Å².